The molecule has 0 spiro atoms. The number of allylic oxidation sites excluding steroid dienone is 1. The van der Waals surface area contributed by atoms with Crippen LogP contribution in [0.3, 0.4) is 0 Å². The second-order valence-corrected chi connectivity index (χ2v) is 5.02. The third-order valence-corrected chi connectivity index (χ3v) is 3.69. The Morgan fingerprint density at radius 2 is 1.62 bits per heavy atom. The molecule has 2 N–H and O–H groups in total. The van der Waals surface area contributed by atoms with E-state index in [2.05, 4.69) is 10.6 Å². The van der Waals surface area contributed by atoms with Crippen molar-refractivity contribution in [3.05, 3.63) is 29.0 Å². The lowest BCUT2D eigenvalue weighted by atomic mass is 9.95. The average molecular weight is 336 g/mol. The molecule has 0 bridgehead atoms. The van der Waals surface area contributed by atoms with Gasteiger partial charge in [-0.1, -0.05) is 0 Å². The Labute approximate surface area is 139 Å². The molecule has 0 unspecified atom stereocenters. The smallest absolute Gasteiger partial charge is 0.337 e. The zero-order valence-electron chi connectivity index (χ0n) is 14.2. The topological polar surface area (TPSA) is 95.1 Å². The zero-order chi connectivity index (χ0) is 17.9. The van der Waals surface area contributed by atoms with Crippen LogP contribution in [0.1, 0.15) is 18.5 Å². The number of amides is 2. The summed E-state index contributed by atoms with van der Waals surface area (Å²) >= 11 is 0. The molecule has 130 valence electrons. The second kappa shape index (κ2) is 7.12. The second-order valence-electron chi connectivity index (χ2n) is 5.02. The Balaban J connectivity index is 2.61. The van der Waals surface area contributed by atoms with Crippen molar-refractivity contribution in [1.82, 2.24) is 10.6 Å². The molecule has 0 radical (unpaired) electrons. The minimum absolute atomic E-state index is 0.298. The molecule has 24 heavy (non-hydrogen) atoms. The number of ether oxygens (including phenoxy) is 4. The summed E-state index contributed by atoms with van der Waals surface area (Å²) in [5.41, 5.74) is 1.31. The molecule has 1 atom stereocenters. The molecule has 1 aromatic carbocycles. The highest BCUT2D eigenvalue weighted by atomic mass is 16.5. The van der Waals surface area contributed by atoms with Crippen molar-refractivity contribution in [1.29, 1.82) is 0 Å². The highest BCUT2D eigenvalue weighted by Crippen LogP contribution is 2.41. The van der Waals surface area contributed by atoms with Gasteiger partial charge in [-0.2, -0.15) is 0 Å². The fourth-order valence-corrected chi connectivity index (χ4v) is 2.59. The van der Waals surface area contributed by atoms with E-state index in [1.54, 1.807) is 19.1 Å². The highest BCUT2D eigenvalue weighted by molar-refractivity contribution is 5.95. The maximum atomic E-state index is 12.1. The lowest BCUT2D eigenvalue weighted by Crippen LogP contribution is -2.45. The van der Waals surface area contributed by atoms with E-state index < -0.39 is 18.0 Å². The number of esters is 1. The quantitative estimate of drug-likeness (QED) is 0.792. The van der Waals surface area contributed by atoms with Crippen molar-refractivity contribution < 1.29 is 28.5 Å². The Morgan fingerprint density at radius 1 is 1.04 bits per heavy atom. The van der Waals surface area contributed by atoms with Gasteiger partial charge in [0.05, 0.1) is 40.1 Å². The number of urea groups is 1. The molecule has 0 saturated carbocycles. The summed E-state index contributed by atoms with van der Waals surface area (Å²) in [4.78, 5) is 24.0. The molecule has 1 aliphatic rings. The molecule has 8 heteroatoms. The molecule has 2 amide bonds. The van der Waals surface area contributed by atoms with Crippen LogP contribution in [0.15, 0.2) is 23.4 Å². The number of hydrogen-bond acceptors (Lipinski definition) is 6. The number of carbonyl (C=O) groups is 2. The first-order valence-corrected chi connectivity index (χ1v) is 7.13. The summed E-state index contributed by atoms with van der Waals surface area (Å²) in [5, 5.41) is 5.27. The largest absolute Gasteiger partial charge is 0.493 e. The predicted molar refractivity (Wildman–Crippen MR) is 85.2 cm³/mol. The van der Waals surface area contributed by atoms with Gasteiger partial charge in [0.25, 0.3) is 0 Å². The number of carbonyl (C=O) groups excluding carboxylic acids is 2. The molecule has 8 nitrogen and oxygen atoms in total. The molecule has 0 saturated heterocycles. The average Bonchev–Trinajstić information content (AvgIpc) is 2.58. The lowest BCUT2D eigenvalue weighted by molar-refractivity contribution is -0.136. The molecule has 1 heterocycles. The molecular formula is C16H20N2O6. The Bertz CT molecular complexity index is 673. The maximum Gasteiger partial charge on any atom is 0.337 e. The third kappa shape index (κ3) is 3.08. The van der Waals surface area contributed by atoms with Crippen LogP contribution in [0.25, 0.3) is 0 Å². The first-order chi connectivity index (χ1) is 11.5. The summed E-state index contributed by atoms with van der Waals surface area (Å²) in [5.74, 6) is 0.714. The van der Waals surface area contributed by atoms with E-state index >= 15 is 0 Å². The molecule has 1 aromatic rings. The standard InChI is InChI=1S/C16H20N2O6/c1-8-12(15(19)24-5)13(18-16(20)17-8)9-6-10(21-2)14(23-4)11(7-9)22-3/h6-7,13H,1-5H3,(H2,17,18,20)/t13-/m1/s1. The van der Waals surface area contributed by atoms with Gasteiger partial charge >= 0.3 is 12.0 Å². The van der Waals surface area contributed by atoms with Gasteiger partial charge in [0.1, 0.15) is 0 Å². The van der Waals surface area contributed by atoms with Crippen LogP contribution in [-0.4, -0.2) is 40.4 Å². The zero-order valence-corrected chi connectivity index (χ0v) is 14.2. The van der Waals surface area contributed by atoms with Crippen LogP contribution in [0.5, 0.6) is 17.2 Å². The number of nitrogens with one attached hydrogen (secondary N) is 2. The van der Waals surface area contributed by atoms with E-state index in [1.165, 1.54) is 28.4 Å². The van der Waals surface area contributed by atoms with E-state index in [0.29, 0.717) is 34.1 Å². The van der Waals surface area contributed by atoms with Gasteiger partial charge in [0, 0.05) is 5.70 Å². The van der Waals surface area contributed by atoms with Gasteiger partial charge in [-0.3, -0.25) is 0 Å². The number of hydrogen-bond donors (Lipinski definition) is 2. The van der Waals surface area contributed by atoms with Crippen LogP contribution in [0.2, 0.25) is 0 Å². The molecule has 0 aromatic heterocycles. The molecule has 1 aliphatic heterocycles. The van der Waals surface area contributed by atoms with Gasteiger partial charge in [0.15, 0.2) is 11.5 Å². The van der Waals surface area contributed by atoms with E-state index in [4.69, 9.17) is 18.9 Å². The van der Waals surface area contributed by atoms with Crippen molar-refractivity contribution in [3.63, 3.8) is 0 Å². The summed E-state index contributed by atoms with van der Waals surface area (Å²) in [7, 11) is 5.76. The molecule has 0 fully saturated rings. The molecular weight excluding hydrogens is 316 g/mol. The van der Waals surface area contributed by atoms with E-state index in [0.717, 1.165) is 0 Å². The van der Waals surface area contributed by atoms with Gasteiger partial charge < -0.3 is 29.6 Å². The summed E-state index contributed by atoms with van der Waals surface area (Å²) in [6, 6.07) is 2.22. The van der Waals surface area contributed by atoms with Crippen LogP contribution in [-0.2, 0) is 9.53 Å². The molecule has 2 rings (SSSR count). The number of rotatable bonds is 5. The van der Waals surface area contributed by atoms with E-state index in [1.807, 2.05) is 0 Å². The summed E-state index contributed by atoms with van der Waals surface area (Å²) < 4.78 is 20.8. The van der Waals surface area contributed by atoms with Crippen molar-refractivity contribution in [2.24, 2.45) is 0 Å². The third-order valence-electron chi connectivity index (χ3n) is 3.69. The first kappa shape index (κ1) is 17.5. The predicted octanol–water partition coefficient (Wildman–Crippen LogP) is 1.51. The SMILES string of the molecule is COC(=O)C1=C(C)NC(=O)N[C@@H]1c1cc(OC)c(OC)c(OC)c1. The first-order valence-electron chi connectivity index (χ1n) is 7.13. The van der Waals surface area contributed by atoms with Gasteiger partial charge in [-0.25, -0.2) is 9.59 Å². The van der Waals surface area contributed by atoms with Crippen LogP contribution < -0.4 is 24.8 Å². The summed E-state index contributed by atoms with van der Waals surface area (Å²) in [6.07, 6.45) is 0. The molecule has 0 aliphatic carbocycles. The fraction of sp³-hybridized carbons (Fsp3) is 0.375. The van der Waals surface area contributed by atoms with Crippen molar-refractivity contribution in [2.45, 2.75) is 13.0 Å². The van der Waals surface area contributed by atoms with Crippen LogP contribution in [0.4, 0.5) is 4.79 Å². The van der Waals surface area contributed by atoms with Crippen molar-refractivity contribution in [3.8, 4) is 17.2 Å². The minimum Gasteiger partial charge on any atom is -0.493 e. The Hall–Kier alpha value is -2.90. The van der Waals surface area contributed by atoms with Crippen molar-refractivity contribution >= 4 is 12.0 Å². The van der Waals surface area contributed by atoms with E-state index in [9.17, 15) is 9.59 Å². The Kier molecular flexibility index (Phi) is 5.18. The fourth-order valence-electron chi connectivity index (χ4n) is 2.59. The Morgan fingerprint density at radius 3 is 2.08 bits per heavy atom. The van der Waals surface area contributed by atoms with Crippen LogP contribution >= 0.6 is 0 Å². The van der Waals surface area contributed by atoms with Crippen LogP contribution in [0, 0.1) is 0 Å². The van der Waals surface area contributed by atoms with E-state index in [-0.39, 0.29) is 0 Å². The maximum absolute atomic E-state index is 12.1. The highest BCUT2D eigenvalue weighted by Gasteiger charge is 2.33. The van der Waals surface area contributed by atoms with Gasteiger partial charge in [0.2, 0.25) is 5.75 Å². The monoisotopic (exact) mass is 336 g/mol. The van der Waals surface area contributed by atoms with Crippen molar-refractivity contribution in [2.75, 3.05) is 28.4 Å². The number of benzene rings is 1. The summed E-state index contributed by atoms with van der Waals surface area (Å²) in [6.45, 7) is 1.63. The minimum atomic E-state index is -0.708. The van der Waals surface area contributed by atoms with Gasteiger partial charge in [-0.05, 0) is 24.6 Å². The lowest BCUT2D eigenvalue weighted by Gasteiger charge is -2.28. The normalized spacial score (nSPS) is 16.9. The number of methoxy groups -OCH3 is 4. The van der Waals surface area contributed by atoms with Gasteiger partial charge in [-0.15, -0.1) is 0 Å².